The largest absolute Gasteiger partial charge is 0.469 e. The third-order valence-corrected chi connectivity index (χ3v) is 3.31. The number of rotatable bonds is 7. The molecule has 0 aliphatic heterocycles. The summed E-state index contributed by atoms with van der Waals surface area (Å²) in [7, 11) is 1.40. The van der Waals surface area contributed by atoms with E-state index in [2.05, 4.69) is 33.7 Å². The molecule has 2 rings (SSSR count). The summed E-state index contributed by atoms with van der Waals surface area (Å²) in [6.07, 6.45) is 2.67. The van der Waals surface area contributed by atoms with Gasteiger partial charge in [-0.1, -0.05) is 0 Å². The van der Waals surface area contributed by atoms with Crippen LogP contribution in [0.2, 0.25) is 0 Å². The fourth-order valence-corrected chi connectivity index (χ4v) is 1.86. The molecule has 0 saturated heterocycles. The summed E-state index contributed by atoms with van der Waals surface area (Å²) in [4.78, 5) is 13.3. The fraction of sp³-hybridized carbons (Fsp3) is 0.769. The first-order chi connectivity index (χ1) is 9.10. The van der Waals surface area contributed by atoms with Crippen LogP contribution < -0.4 is 0 Å². The molecule has 19 heavy (non-hydrogen) atoms. The van der Waals surface area contributed by atoms with Gasteiger partial charge in [0.15, 0.2) is 0 Å². The Morgan fingerprint density at radius 2 is 2.21 bits per heavy atom. The zero-order chi connectivity index (χ0) is 13.8. The van der Waals surface area contributed by atoms with Crippen LogP contribution in [-0.2, 0) is 16.1 Å². The van der Waals surface area contributed by atoms with Crippen molar-refractivity contribution in [3.8, 4) is 0 Å². The Morgan fingerprint density at radius 3 is 2.79 bits per heavy atom. The standard InChI is InChI=1S/C13H21N3O3/c1-9(2)16(7-6-12(17)18-3)8-11-14-15-13(19-11)10-4-5-10/h9-10H,4-8H2,1-3H3. The topological polar surface area (TPSA) is 68.5 Å². The smallest absolute Gasteiger partial charge is 0.306 e. The highest BCUT2D eigenvalue weighted by molar-refractivity contribution is 5.69. The van der Waals surface area contributed by atoms with E-state index in [-0.39, 0.29) is 5.97 Å². The van der Waals surface area contributed by atoms with Gasteiger partial charge in [0.1, 0.15) is 0 Å². The normalized spacial score (nSPS) is 15.2. The first kappa shape index (κ1) is 14.0. The van der Waals surface area contributed by atoms with E-state index >= 15 is 0 Å². The summed E-state index contributed by atoms with van der Waals surface area (Å²) < 4.78 is 10.3. The Bertz CT molecular complexity index is 427. The summed E-state index contributed by atoms with van der Waals surface area (Å²) in [6, 6.07) is 0.306. The van der Waals surface area contributed by atoms with Crippen LogP contribution in [0.3, 0.4) is 0 Å². The third-order valence-electron chi connectivity index (χ3n) is 3.31. The molecule has 1 aromatic rings. The molecule has 6 heteroatoms. The molecule has 0 spiro atoms. The Kier molecular flexibility index (Phi) is 4.52. The van der Waals surface area contributed by atoms with E-state index in [0.717, 1.165) is 18.7 Å². The zero-order valence-electron chi connectivity index (χ0n) is 11.8. The molecule has 1 aliphatic carbocycles. The molecule has 1 fully saturated rings. The fourth-order valence-electron chi connectivity index (χ4n) is 1.86. The number of aromatic nitrogens is 2. The summed E-state index contributed by atoms with van der Waals surface area (Å²) in [5, 5.41) is 8.14. The summed E-state index contributed by atoms with van der Waals surface area (Å²) in [5.74, 6) is 1.66. The van der Waals surface area contributed by atoms with Crippen LogP contribution >= 0.6 is 0 Å². The van der Waals surface area contributed by atoms with Gasteiger partial charge in [0.05, 0.1) is 20.1 Å². The van der Waals surface area contributed by atoms with Gasteiger partial charge in [0.25, 0.3) is 0 Å². The van der Waals surface area contributed by atoms with Gasteiger partial charge in [-0.05, 0) is 26.7 Å². The number of hydrogen-bond acceptors (Lipinski definition) is 6. The number of carbonyl (C=O) groups excluding carboxylic acids is 1. The highest BCUT2D eigenvalue weighted by atomic mass is 16.5. The van der Waals surface area contributed by atoms with Crippen molar-refractivity contribution < 1.29 is 13.9 Å². The predicted molar refractivity (Wildman–Crippen MR) is 68.5 cm³/mol. The van der Waals surface area contributed by atoms with Crippen LogP contribution in [-0.4, -0.2) is 40.8 Å². The second-order valence-corrected chi connectivity index (χ2v) is 5.20. The molecule has 0 N–H and O–H groups in total. The molecular weight excluding hydrogens is 246 g/mol. The molecule has 0 aromatic carbocycles. The van der Waals surface area contributed by atoms with Gasteiger partial charge < -0.3 is 9.15 Å². The first-order valence-electron chi connectivity index (χ1n) is 6.73. The van der Waals surface area contributed by atoms with Crippen molar-refractivity contribution in [1.29, 1.82) is 0 Å². The molecule has 0 amide bonds. The summed E-state index contributed by atoms with van der Waals surface area (Å²) in [5.41, 5.74) is 0. The van der Waals surface area contributed by atoms with E-state index < -0.39 is 0 Å². The second-order valence-electron chi connectivity index (χ2n) is 5.20. The van der Waals surface area contributed by atoms with Crippen molar-refractivity contribution in [3.05, 3.63) is 11.8 Å². The van der Waals surface area contributed by atoms with E-state index in [1.165, 1.54) is 7.11 Å². The number of ether oxygens (including phenoxy) is 1. The maximum Gasteiger partial charge on any atom is 0.306 e. The van der Waals surface area contributed by atoms with Crippen LogP contribution in [0.4, 0.5) is 0 Å². The SMILES string of the molecule is COC(=O)CCN(Cc1nnc(C2CC2)o1)C(C)C. The Hall–Kier alpha value is -1.43. The van der Waals surface area contributed by atoms with Gasteiger partial charge in [-0.2, -0.15) is 0 Å². The minimum atomic E-state index is -0.199. The highest BCUT2D eigenvalue weighted by Gasteiger charge is 2.29. The Balaban J connectivity index is 1.89. The lowest BCUT2D eigenvalue weighted by atomic mass is 10.3. The maximum absolute atomic E-state index is 11.2. The van der Waals surface area contributed by atoms with E-state index in [4.69, 9.17) is 4.42 Å². The molecule has 1 aliphatic rings. The van der Waals surface area contributed by atoms with Gasteiger partial charge in [-0.15, -0.1) is 10.2 Å². The van der Waals surface area contributed by atoms with Crippen LogP contribution in [0, 0.1) is 0 Å². The highest BCUT2D eigenvalue weighted by Crippen LogP contribution is 2.39. The predicted octanol–water partition coefficient (Wildman–Crippen LogP) is 1.72. The van der Waals surface area contributed by atoms with Gasteiger partial charge in [0.2, 0.25) is 11.8 Å². The van der Waals surface area contributed by atoms with Gasteiger partial charge in [-0.3, -0.25) is 9.69 Å². The molecule has 0 radical (unpaired) electrons. The minimum Gasteiger partial charge on any atom is -0.469 e. The van der Waals surface area contributed by atoms with Crippen molar-refractivity contribution in [2.75, 3.05) is 13.7 Å². The number of hydrogen-bond donors (Lipinski definition) is 0. The van der Waals surface area contributed by atoms with E-state index in [9.17, 15) is 4.79 Å². The van der Waals surface area contributed by atoms with E-state index in [1.54, 1.807) is 0 Å². The van der Waals surface area contributed by atoms with E-state index in [1.807, 2.05) is 0 Å². The minimum absolute atomic E-state index is 0.199. The van der Waals surface area contributed by atoms with E-state index in [0.29, 0.717) is 37.4 Å². The monoisotopic (exact) mass is 267 g/mol. The van der Waals surface area contributed by atoms with Crippen LogP contribution in [0.1, 0.15) is 50.8 Å². The number of nitrogens with zero attached hydrogens (tertiary/aromatic N) is 3. The lowest BCUT2D eigenvalue weighted by Crippen LogP contribution is -2.32. The molecule has 1 saturated carbocycles. The lowest BCUT2D eigenvalue weighted by Gasteiger charge is -2.24. The third kappa shape index (κ3) is 4.02. The molecule has 0 bridgehead atoms. The number of methoxy groups -OCH3 is 1. The second kappa shape index (κ2) is 6.14. The van der Waals surface area contributed by atoms with Crippen molar-refractivity contribution in [3.63, 3.8) is 0 Å². The zero-order valence-corrected chi connectivity index (χ0v) is 11.8. The number of esters is 1. The first-order valence-corrected chi connectivity index (χ1v) is 6.73. The van der Waals surface area contributed by atoms with Crippen molar-refractivity contribution in [2.24, 2.45) is 0 Å². The summed E-state index contributed by atoms with van der Waals surface area (Å²) in [6.45, 7) is 5.37. The molecule has 0 unspecified atom stereocenters. The van der Waals surface area contributed by atoms with Crippen LogP contribution in [0.25, 0.3) is 0 Å². The molecule has 106 valence electrons. The van der Waals surface area contributed by atoms with Gasteiger partial charge >= 0.3 is 5.97 Å². The lowest BCUT2D eigenvalue weighted by molar-refractivity contribution is -0.141. The van der Waals surface area contributed by atoms with Crippen molar-refractivity contribution in [2.45, 2.75) is 51.6 Å². The van der Waals surface area contributed by atoms with Crippen molar-refractivity contribution >= 4 is 5.97 Å². The molecule has 6 nitrogen and oxygen atoms in total. The van der Waals surface area contributed by atoms with Gasteiger partial charge in [0, 0.05) is 18.5 Å². The molecule has 0 atom stereocenters. The van der Waals surface area contributed by atoms with Crippen LogP contribution in [0.5, 0.6) is 0 Å². The Morgan fingerprint density at radius 1 is 1.47 bits per heavy atom. The molecule has 1 heterocycles. The quantitative estimate of drug-likeness (QED) is 0.701. The van der Waals surface area contributed by atoms with Crippen LogP contribution in [0.15, 0.2) is 4.42 Å². The summed E-state index contributed by atoms with van der Waals surface area (Å²) >= 11 is 0. The van der Waals surface area contributed by atoms with Crippen molar-refractivity contribution in [1.82, 2.24) is 15.1 Å². The van der Waals surface area contributed by atoms with Gasteiger partial charge in [-0.25, -0.2) is 0 Å². The average molecular weight is 267 g/mol. The average Bonchev–Trinajstić information content (AvgIpc) is 3.14. The molecule has 1 aromatic heterocycles. The molecular formula is C13H21N3O3. The maximum atomic E-state index is 11.2. The Labute approximate surface area is 113 Å². The number of carbonyl (C=O) groups is 1.